The molecule has 0 saturated heterocycles. The van der Waals surface area contributed by atoms with Crippen molar-refractivity contribution in [3.63, 3.8) is 0 Å². The van der Waals surface area contributed by atoms with E-state index < -0.39 is 5.97 Å². The molecule has 0 aromatic carbocycles. The molecule has 3 heteroatoms. The number of carboxylic acid groups (broad SMARTS) is 1. The molecule has 94 valence electrons. The molecule has 0 amide bonds. The number of nitrogens with zero attached hydrogens (tertiary/aromatic N) is 1. The Morgan fingerprint density at radius 1 is 1.41 bits per heavy atom. The summed E-state index contributed by atoms with van der Waals surface area (Å²) in [6.45, 7) is 4.09. The molecule has 1 N–H and O–H groups in total. The highest BCUT2D eigenvalue weighted by atomic mass is 16.4. The van der Waals surface area contributed by atoms with Crippen LogP contribution in [0.1, 0.15) is 56.2 Å². The van der Waals surface area contributed by atoms with Crippen LogP contribution in [-0.4, -0.2) is 16.1 Å². The van der Waals surface area contributed by atoms with Crippen LogP contribution in [0.2, 0.25) is 0 Å². The van der Waals surface area contributed by atoms with Gasteiger partial charge in [-0.15, -0.1) is 0 Å². The molecule has 17 heavy (non-hydrogen) atoms. The second-order valence-electron chi connectivity index (χ2n) is 4.52. The summed E-state index contributed by atoms with van der Waals surface area (Å²) < 4.78 is 0. The molecule has 0 aliphatic carbocycles. The lowest BCUT2D eigenvalue weighted by Gasteiger charge is -2.14. The molecular formula is C14H21NO2. The predicted octanol–water partition coefficient (Wildman–Crippen LogP) is 3.53. The SMILES string of the molecule is CCCCCC(CC(=O)O)c1ccc(C)nc1. The van der Waals surface area contributed by atoms with E-state index in [1.54, 1.807) is 0 Å². The summed E-state index contributed by atoms with van der Waals surface area (Å²) in [5.74, 6) is -0.626. The second-order valence-corrected chi connectivity index (χ2v) is 4.52. The monoisotopic (exact) mass is 235 g/mol. The van der Waals surface area contributed by atoms with Crippen LogP contribution in [0, 0.1) is 6.92 Å². The zero-order valence-electron chi connectivity index (χ0n) is 10.6. The summed E-state index contributed by atoms with van der Waals surface area (Å²) in [4.78, 5) is 15.1. The Kier molecular flexibility index (Phi) is 5.67. The molecule has 1 aromatic heterocycles. The number of hydrogen-bond acceptors (Lipinski definition) is 2. The average molecular weight is 235 g/mol. The van der Waals surface area contributed by atoms with Crippen molar-refractivity contribution in [2.24, 2.45) is 0 Å². The van der Waals surface area contributed by atoms with Gasteiger partial charge in [0.1, 0.15) is 0 Å². The maximum atomic E-state index is 10.9. The lowest BCUT2D eigenvalue weighted by Crippen LogP contribution is -2.07. The van der Waals surface area contributed by atoms with E-state index in [1.165, 1.54) is 0 Å². The van der Waals surface area contributed by atoms with Gasteiger partial charge in [-0.1, -0.05) is 32.3 Å². The number of unbranched alkanes of at least 4 members (excludes halogenated alkanes) is 2. The van der Waals surface area contributed by atoms with Crippen molar-refractivity contribution in [3.8, 4) is 0 Å². The smallest absolute Gasteiger partial charge is 0.303 e. The van der Waals surface area contributed by atoms with Gasteiger partial charge < -0.3 is 5.11 Å². The number of rotatable bonds is 7. The van der Waals surface area contributed by atoms with Gasteiger partial charge in [0.2, 0.25) is 0 Å². The van der Waals surface area contributed by atoms with E-state index in [4.69, 9.17) is 5.11 Å². The van der Waals surface area contributed by atoms with Crippen molar-refractivity contribution < 1.29 is 9.90 Å². The average Bonchev–Trinajstić information content (AvgIpc) is 2.28. The molecule has 1 rings (SSSR count). The van der Waals surface area contributed by atoms with E-state index in [0.717, 1.165) is 36.9 Å². The first-order chi connectivity index (χ1) is 8.13. The highest BCUT2D eigenvalue weighted by Gasteiger charge is 2.15. The first-order valence-corrected chi connectivity index (χ1v) is 6.27. The number of carboxylic acids is 1. The molecule has 1 heterocycles. The molecule has 1 atom stereocenters. The summed E-state index contributed by atoms with van der Waals surface area (Å²) in [7, 11) is 0. The van der Waals surface area contributed by atoms with E-state index in [1.807, 2.05) is 25.3 Å². The van der Waals surface area contributed by atoms with Gasteiger partial charge >= 0.3 is 5.97 Å². The normalized spacial score (nSPS) is 12.4. The fourth-order valence-electron chi connectivity index (χ4n) is 1.96. The van der Waals surface area contributed by atoms with Crippen LogP contribution < -0.4 is 0 Å². The molecule has 3 nitrogen and oxygen atoms in total. The lowest BCUT2D eigenvalue weighted by molar-refractivity contribution is -0.137. The molecule has 0 fully saturated rings. The number of aliphatic carboxylic acids is 1. The molecule has 1 aromatic rings. The second kappa shape index (κ2) is 7.05. The lowest BCUT2D eigenvalue weighted by atomic mass is 9.91. The molecule has 0 saturated carbocycles. The van der Waals surface area contributed by atoms with Crippen molar-refractivity contribution in [2.45, 2.75) is 51.9 Å². The number of pyridine rings is 1. The Hall–Kier alpha value is -1.38. The molecule has 0 spiro atoms. The van der Waals surface area contributed by atoms with Crippen LogP contribution in [0.15, 0.2) is 18.3 Å². The minimum Gasteiger partial charge on any atom is -0.481 e. The Labute approximate surface area is 103 Å². The topological polar surface area (TPSA) is 50.2 Å². The summed E-state index contributed by atoms with van der Waals surface area (Å²) >= 11 is 0. The van der Waals surface area contributed by atoms with Crippen LogP contribution in [-0.2, 0) is 4.79 Å². The summed E-state index contributed by atoms with van der Waals surface area (Å²) in [6, 6.07) is 3.95. The summed E-state index contributed by atoms with van der Waals surface area (Å²) in [5, 5.41) is 8.94. The van der Waals surface area contributed by atoms with Gasteiger partial charge in [0.15, 0.2) is 0 Å². The summed E-state index contributed by atoms with van der Waals surface area (Å²) in [5.41, 5.74) is 2.02. The van der Waals surface area contributed by atoms with Crippen LogP contribution in [0.25, 0.3) is 0 Å². The Bertz CT molecular complexity index is 346. The van der Waals surface area contributed by atoms with Gasteiger partial charge in [0, 0.05) is 11.9 Å². The van der Waals surface area contributed by atoms with Crippen molar-refractivity contribution in [1.82, 2.24) is 4.98 Å². The molecular weight excluding hydrogens is 214 g/mol. The standard InChI is InChI=1S/C14H21NO2/c1-3-4-5-6-12(9-14(16)17)13-8-7-11(2)15-10-13/h7-8,10,12H,3-6,9H2,1-2H3,(H,16,17). The third-order valence-corrected chi connectivity index (χ3v) is 2.98. The number of carbonyl (C=O) groups is 1. The van der Waals surface area contributed by atoms with Gasteiger partial charge in [-0.05, 0) is 30.9 Å². The first-order valence-electron chi connectivity index (χ1n) is 6.27. The van der Waals surface area contributed by atoms with Crippen LogP contribution in [0.5, 0.6) is 0 Å². The number of hydrogen-bond donors (Lipinski definition) is 1. The van der Waals surface area contributed by atoms with E-state index in [0.29, 0.717) is 0 Å². The zero-order valence-corrected chi connectivity index (χ0v) is 10.6. The van der Waals surface area contributed by atoms with Crippen molar-refractivity contribution in [2.75, 3.05) is 0 Å². The number of aryl methyl sites for hydroxylation is 1. The quantitative estimate of drug-likeness (QED) is 0.735. The third kappa shape index (κ3) is 4.98. The predicted molar refractivity (Wildman–Crippen MR) is 68.1 cm³/mol. The maximum absolute atomic E-state index is 10.9. The minimum atomic E-state index is -0.730. The maximum Gasteiger partial charge on any atom is 0.303 e. The molecule has 0 bridgehead atoms. The van der Waals surface area contributed by atoms with Gasteiger partial charge in [0.05, 0.1) is 6.42 Å². The van der Waals surface area contributed by atoms with Crippen molar-refractivity contribution in [1.29, 1.82) is 0 Å². The van der Waals surface area contributed by atoms with E-state index in [9.17, 15) is 4.79 Å². The molecule has 0 radical (unpaired) electrons. The van der Waals surface area contributed by atoms with Crippen LogP contribution in [0.3, 0.4) is 0 Å². The first kappa shape index (κ1) is 13.7. The molecule has 0 aliphatic rings. The fourth-order valence-corrected chi connectivity index (χ4v) is 1.96. The van der Waals surface area contributed by atoms with Crippen molar-refractivity contribution >= 4 is 5.97 Å². The van der Waals surface area contributed by atoms with Gasteiger partial charge in [-0.3, -0.25) is 9.78 Å². The van der Waals surface area contributed by atoms with E-state index in [2.05, 4.69) is 11.9 Å². The van der Waals surface area contributed by atoms with E-state index >= 15 is 0 Å². The summed E-state index contributed by atoms with van der Waals surface area (Å²) in [6.07, 6.45) is 6.36. The minimum absolute atomic E-state index is 0.104. The van der Waals surface area contributed by atoms with Gasteiger partial charge in [0.25, 0.3) is 0 Å². The van der Waals surface area contributed by atoms with Crippen LogP contribution >= 0.6 is 0 Å². The van der Waals surface area contributed by atoms with Crippen LogP contribution in [0.4, 0.5) is 0 Å². The molecule has 0 aliphatic heterocycles. The Morgan fingerprint density at radius 2 is 2.18 bits per heavy atom. The Morgan fingerprint density at radius 3 is 2.71 bits per heavy atom. The Balaban J connectivity index is 2.67. The van der Waals surface area contributed by atoms with Gasteiger partial charge in [-0.25, -0.2) is 0 Å². The van der Waals surface area contributed by atoms with Crippen molar-refractivity contribution in [3.05, 3.63) is 29.6 Å². The third-order valence-electron chi connectivity index (χ3n) is 2.98. The largest absolute Gasteiger partial charge is 0.481 e. The highest BCUT2D eigenvalue weighted by Crippen LogP contribution is 2.25. The van der Waals surface area contributed by atoms with E-state index in [-0.39, 0.29) is 12.3 Å². The molecule has 1 unspecified atom stereocenters. The number of aromatic nitrogens is 1. The zero-order chi connectivity index (χ0) is 12.7. The van der Waals surface area contributed by atoms with Gasteiger partial charge in [-0.2, -0.15) is 0 Å². The highest BCUT2D eigenvalue weighted by molar-refractivity contribution is 5.68. The fraction of sp³-hybridized carbons (Fsp3) is 0.571.